The fraction of sp³-hybridized carbons (Fsp3) is 0.375. The molecule has 3 aromatic rings. The van der Waals surface area contributed by atoms with Crippen molar-refractivity contribution in [2.24, 2.45) is 0 Å². The number of nitrogens with two attached hydrogens (primary N) is 1. The molecule has 0 aliphatic carbocycles. The van der Waals surface area contributed by atoms with Crippen molar-refractivity contribution in [2.75, 3.05) is 5.73 Å². The van der Waals surface area contributed by atoms with Crippen LogP contribution in [0.5, 0.6) is 0 Å². The summed E-state index contributed by atoms with van der Waals surface area (Å²) in [5.41, 5.74) is 10.3. The maximum atomic E-state index is 6.13. The summed E-state index contributed by atoms with van der Waals surface area (Å²) in [6.45, 7) is 7.89. The van der Waals surface area contributed by atoms with E-state index in [1.54, 1.807) is 0 Å². The lowest BCUT2D eigenvalue weighted by atomic mass is 10.0. The Bertz CT molecular complexity index is 754. The molecule has 110 valence electrons. The third-order valence-corrected chi connectivity index (χ3v) is 3.95. The minimum Gasteiger partial charge on any atom is -0.369 e. The lowest BCUT2D eigenvalue weighted by Crippen LogP contribution is -2.12. The number of nitrogens with zero attached hydrogens (tertiary/aromatic N) is 4. The van der Waals surface area contributed by atoms with Crippen LogP contribution in [0.4, 0.5) is 5.95 Å². The van der Waals surface area contributed by atoms with Crippen molar-refractivity contribution in [3.8, 4) is 0 Å². The second-order valence-electron chi connectivity index (χ2n) is 5.47. The molecule has 1 aromatic carbocycles. The zero-order valence-electron chi connectivity index (χ0n) is 12.7. The fourth-order valence-corrected chi connectivity index (χ4v) is 2.80. The molecule has 0 bridgehead atoms. The summed E-state index contributed by atoms with van der Waals surface area (Å²) in [5, 5.41) is 4.53. The van der Waals surface area contributed by atoms with E-state index in [0.717, 1.165) is 29.9 Å². The summed E-state index contributed by atoms with van der Waals surface area (Å²) in [6.07, 6.45) is 0. The number of hydrogen-bond donors (Lipinski definition) is 1. The number of benzene rings is 1. The number of imidazole rings is 1. The van der Waals surface area contributed by atoms with Gasteiger partial charge in [-0.1, -0.05) is 37.3 Å². The minimum absolute atomic E-state index is 0.367. The predicted octanol–water partition coefficient (Wildman–Crippen LogP) is 2.95. The third kappa shape index (κ3) is 2.28. The van der Waals surface area contributed by atoms with E-state index in [-0.39, 0.29) is 0 Å². The Kier molecular flexibility index (Phi) is 3.41. The molecule has 0 saturated heterocycles. The number of aromatic nitrogens is 4. The van der Waals surface area contributed by atoms with E-state index in [2.05, 4.69) is 52.8 Å². The van der Waals surface area contributed by atoms with Gasteiger partial charge in [-0.3, -0.25) is 4.57 Å². The third-order valence-electron chi connectivity index (χ3n) is 3.95. The maximum absolute atomic E-state index is 6.13. The Hall–Kier alpha value is -2.30. The average molecular weight is 283 g/mol. The largest absolute Gasteiger partial charge is 0.369 e. The summed E-state index contributed by atoms with van der Waals surface area (Å²) < 4.78 is 4.06. The fourth-order valence-electron chi connectivity index (χ4n) is 2.80. The van der Waals surface area contributed by atoms with Crippen LogP contribution in [0.1, 0.15) is 31.0 Å². The van der Waals surface area contributed by atoms with E-state index in [1.807, 2.05) is 17.7 Å². The molecule has 0 fully saturated rings. The van der Waals surface area contributed by atoms with Gasteiger partial charge in [0.05, 0.1) is 5.69 Å². The van der Waals surface area contributed by atoms with Crippen LogP contribution < -0.4 is 5.73 Å². The summed E-state index contributed by atoms with van der Waals surface area (Å²) in [5.74, 6) is 0.932. The molecule has 3 rings (SSSR count). The minimum atomic E-state index is 0.367. The van der Waals surface area contributed by atoms with Crippen molar-refractivity contribution < 1.29 is 0 Å². The van der Waals surface area contributed by atoms with Crippen molar-refractivity contribution in [3.63, 3.8) is 0 Å². The van der Waals surface area contributed by atoms with Crippen molar-refractivity contribution >= 4 is 17.1 Å². The molecule has 21 heavy (non-hydrogen) atoms. The molecule has 2 aromatic heterocycles. The van der Waals surface area contributed by atoms with Crippen LogP contribution in [-0.2, 0) is 13.1 Å². The van der Waals surface area contributed by atoms with Crippen LogP contribution in [0.3, 0.4) is 0 Å². The first-order valence-corrected chi connectivity index (χ1v) is 7.35. The van der Waals surface area contributed by atoms with Gasteiger partial charge in [0.25, 0.3) is 0 Å². The monoisotopic (exact) mass is 283 g/mol. The standard InChI is InChI=1S/C16H21N5/c1-4-21-15-14(12(3)19-21)18-16(17)20(15)10-11(2)13-8-6-5-7-9-13/h5-9,11H,4,10H2,1-3H3,(H2,17,18). The first-order valence-electron chi connectivity index (χ1n) is 7.35. The van der Waals surface area contributed by atoms with Gasteiger partial charge >= 0.3 is 0 Å². The van der Waals surface area contributed by atoms with E-state index in [9.17, 15) is 0 Å². The van der Waals surface area contributed by atoms with E-state index in [1.165, 1.54) is 5.56 Å². The van der Waals surface area contributed by atoms with Gasteiger partial charge in [0.15, 0.2) is 5.65 Å². The molecule has 5 heteroatoms. The summed E-state index contributed by atoms with van der Waals surface area (Å²) in [6, 6.07) is 10.5. The van der Waals surface area contributed by atoms with Gasteiger partial charge in [0.2, 0.25) is 5.95 Å². The molecule has 0 spiro atoms. The summed E-state index contributed by atoms with van der Waals surface area (Å²) in [4.78, 5) is 4.49. The Labute approximate surface area is 124 Å². The highest BCUT2D eigenvalue weighted by atomic mass is 15.4. The normalized spacial score (nSPS) is 12.9. The van der Waals surface area contributed by atoms with Crippen LogP contribution in [-0.4, -0.2) is 19.3 Å². The number of fused-ring (bicyclic) bond motifs is 1. The molecule has 5 nitrogen and oxygen atoms in total. The molecule has 2 N–H and O–H groups in total. The smallest absolute Gasteiger partial charge is 0.202 e. The number of rotatable bonds is 4. The zero-order chi connectivity index (χ0) is 15.0. The Morgan fingerprint density at radius 3 is 2.62 bits per heavy atom. The first-order chi connectivity index (χ1) is 10.1. The van der Waals surface area contributed by atoms with E-state index >= 15 is 0 Å². The molecule has 0 radical (unpaired) electrons. The zero-order valence-corrected chi connectivity index (χ0v) is 12.7. The lowest BCUT2D eigenvalue weighted by molar-refractivity contribution is 0.585. The molecule has 1 atom stereocenters. The van der Waals surface area contributed by atoms with E-state index < -0.39 is 0 Å². The van der Waals surface area contributed by atoms with Gasteiger partial charge in [-0.15, -0.1) is 0 Å². The highest BCUT2D eigenvalue weighted by molar-refractivity contribution is 5.77. The quantitative estimate of drug-likeness (QED) is 0.800. The Balaban J connectivity index is 2.02. The Morgan fingerprint density at radius 2 is 1.95 bits per heavy atom. The Morgan fingerprint density at radius 1 is 1.24 bits per heavy atom. The van der Waals surface area contributed by atoms with E-state index in [0.29, 0.717) is 11.9 Å². The molecule has 1 unspecified atom stereocenters. The number of nitrogen functional groups attached to an aromatic ring is 1. The van der Waals surface area contributed by atoms with Crippen molar-refractivity contribution in [2.45, 2.75) is 39.8 Å². The van der Waals surface area contributed by atoms with Crippen LogP contribution in [0.25, 0.3) is 11.2 Å². The molecule has 2 heterocycles. The number of anilines is 1. The molecule has 0 aliphatic rings. The highest BCUT2D eigenvalue weighted by Gasteiger charge is 2.18. The van der Waals surface area contributed by atoms with Crippen LogP contribution in [0, 0.1) is 6.92 Å². The number of aryl methyl sites for hydroxylation is 2. The number of hydrogen-bond acceptors (Lipinski definition) is 3. The van der Waals surface area contributed by atoms with Crippen molar-refractivity contribution in [1.29, 1.82) is 0 Å². The van der Waals surface area contributed by atoms with Gasteiger partial charge in [-0.2, -0.15) is 5.10 Å². The van der Waals surface area contributed by atoms with Crippen molar-refractivity contribution in [1.82, 2.24) is 19.3 Å². The second kappa shape index (κ2) is 5.24. The van der Waals surface area contributed by atoms with Gasteiger partial charge in [0.1, 0.15) is 5.52 Å². The van der Waals surface area contributed by atoms with Gasteiger partial charge in [0, 0.05) is 13.1 Å². The molecular formula is C16H21N5. The van der Waals surface area contributed by atoms with Gasteiger partial charge in [-0.05, 0) is 25.3 Å². The topological polar surface area (TPSA) is 61.7 Å². The van der Waals surface area contributed by atoms with Gasteiger partial charge in [-0.25, -0.2) is 9.67 Å². The molecular weight excluding hydrogens is 262 g/mol. The molecule has 0 aliphatic heterocycles. The molecule has 0 amide bonds. The van der Waals surface area contributed by atoms with Crippen molar-refractivity contribution in [3.05, 3.63) is 41.6 Å². The summed E-state index contributed by atoms with van der Waals surface area (Å²) in [7, 11) is 0. The SMILES string of the molecule is CCn1nc(C)c2nc(N)n(CC(C)c3ccccc3)c21. The second-order valence-corrected chi connectivity index (χ2v) is 5.47. The van der Waals surface area contributed by atoms with Crippen LogP contribution in [0.2, 0.25) is 0 Å². The van der Waals surface area contributed by atoms with Crippen LogP contribution in [0.15, 0.2) is 30.3 Å². The summed E-state index contributed by atoms with van der Waals surface area (Å²) >= 11 is 0. The molecule has 0 saturated carbocycles. The average Bonchev–Trinajstić information content (AvgIpc) is 2.98. The lowest BCUT2D eigenvalue weighted by Gasteiger charge is -2.15. The highest BCUT2D eigenvalue weighted by Crippen LogP contribution is 2.25. The maximum Gasteiger partial charge on any atom is 0.202 e. The predicted molar refractivity (Wildman–Crippen MR) is 85.2 cm³/mol. The van der Waals surface area contributed by atoms with E-state index in [4.69, 9.17) is 5.73 Å². The van der Waals surface area contributed by atoms with Gasteiger partial charge < -0.3 is 5.73 Å². The first kappa shape index (κ1) is 13.7. The van der Waals surface area contributed by atoms with Crippen LogP contribution >= 0.6 is 0 Å².